The third kappa shape index (κ3) is 5.14. The molecule has 3 aromatic heterocycles. The number of likely N-dealkylation sites (tertiary alicyclic amines) is 1. The number of fused-ring (bicyclic) bond motifs is 1. The molecule has 0 atom stereocenters. The summed E-state index contributed by atoms with van der Waals surface area (Å²) >= 11 is 1.48. The number of piperidine rings is 1. The highest BCUT2D eigenvalue weighted by atomic mass is 32.1. The maximum absolute atomic E-state index is 13.2. The summed E-state index contributed by atoms with van der Waals surface area (Å²) in [5.41, 5.74) is 2.02. The van der Waals surface area contributed by atoms with Crippen molar-refractivity contribution in [3.8, 4) is 6.07 Å². The van der Waals surface area contributed by atoms with E-state index in [-0.39, 0.29) is 24.2 Å². The highest BCUT2D eigenvalue weighted by molar-refractivity contribution is 7.09. The molecule has 5 rings (SSSR count). The fraction of sp³-hybridized carbons (Fsp3) is 0.296. The topological polar surface area (TPSA) is 103 Å². The minimum absolute atomic E-state index is 0.0943. The van der Waals surface area contributed by atoms with Gasteiger partial charge in [-0.15, -0.1) is 11.3 Å². The molecule has 0 N–H and O–H groups in total. The number of para-hydroxylation sites is 1. The third-order valence-electron chi connectivity index (χ3n) is 6.39. The Labute approximate surface area is 212 Å². The summed E-state index contributed by atoms with van der Waals surface area (Å²) in [4.78, 5) is 38.4. The van der Waals surface area contributed by atoms with Crippen molar-refractivity contribution in [2.75, 3.05) is 19.6 Å². The Kier molecular flexibility index (Phi) is 7.05. The van der Waals surface area contributed by atoms with E-state index in [4.69, 9.17) is 9.68 Å². The summed E-state index contributed by atoms with van der Waals surface area (Å²) in [5.74, 6) is 0.280. The van der Waals surface area contributed by atoms with E-state index in [1.165, 1.54) is 11.3 Å². The molecule has 0 unspecified atom stereocenters. The fourth-order valence-electron chi connectivity index (χ4n) is 4.46. The summed E-state index contributed by atoms with van der Waals surface area (Å²) in [6.45, 7) is 1.93. The predicted octanol–water partition coefficient (Wildman–Crippen LogP) is 4.86. The number of hydrogen-bond acceptors (Lipinski definition) is 7. The zero-order chi connectivity index (χ0) is 24.9. The Morgan fingerprint density at radius 3 is 2.78 bits per heavy atom. The van der Waals surface area contributed by atoms with Crippen LogP contribution in [-0.4, -0.2) is 51.2 Å². The van der Waals surface area contributed by atoms with Crippen molar-refractivity contribution in [1.29, 1.82) is 5.26 Å². The molecule has 8 nitrogen and oxygen atoms in total. The zero-order valence-electron chi connectivity index (χ0n) is 19.7. The molecule has 1 aliphatic rings. The van der Waals surface area contributed by atoms with Crippen LogP contribution >= 0.6 is 11.3 Å². The number of aromatic nitrogens is 2. The fourth-order valence-corrected chi connectivity index (χ4v) is 5.42. The monoisotopic (exact) mass is 499 g/mol. The number of benzene rings is 1. The van der Waals surface area contributed by atoms with Crippen molar-refractivity contribution in [2.45, 2.75) is 31.7 Å². The number of carbonyl (C=O) groups excluding carboxylic acids is 2. The van der Waals surface area contributed by atoms with Crippen LogP contribution in [0.2, 0.25) is 0 Å². The average Bonchev–Trinajstić information content (AvgIpc) is 3.59. The Morgan fingerprint density at radius 1 is 1.19 bits per heavy atom. The molecule has 36 heavy (non-hydrogen) atoms. The molecule has 1 saturated heterocycles. The van der Waals surface area contributed by atoms with Crippen LogP contribution in [0.5, 0.6) is 0 Å². The van der Waals surface area contributed by atoms with Crippen molar-refractivity contribution in [3.63, 3.8) is 0 Å². The molecule has 0 bridgehead atoms. The number of rotatable bonds is 7. The second kappa shape index (κ2) is 10.7. The van der Waals surface area contributed by atoms with Gasteiger partial charge in [0.05, 0.1) is 17.5 Å². The summed E-state index contributed by atoms with van der Waals surface area (Å²) in [6.07, 6.45) is 5.22. The van der Waals surface area contributed by atoms with Crippen molar-refractivity contribution in [3.05, 3.63) is 82.3 Å². The quantitative estimate of drug-likeness (QED) is 0.360. The summed E-state index contributed by atoms with van der Waals surface area (Å²) in [7, 11) is 0. The first-order valence-corrected chi connectivity index (χ1v) is 12.8. The van der Waals surface area contributed by atoms with Gasteiger partial charge in [-0.1, -0.05) is 24.3 Å². The first kappa shape index (κ1) is 23.7. The molecule has 4 heterocycles. The number of carbonyl (C=O) groups is 2. The smallest absolute Gasteiger partial charge is 0.289 e. The number of hydrogen-bond donors (Lipinski definition) is 0. The van der Waals surface area contributed by atoms with E-state index >= 15 is 0 Å². The first-order chi connectivity index (χ1) is 17.6. The van der Waals surface area contributed by atoms with Gasteiger partial charge in [0.2, 0.25) is 0 Å². The van der Waals surface area contributed by atoms with Crippen LogP contribution in [0.25, 0.3) is 11.0 Å². The van der Waals surface area contributed by atoms with Crippen LogP contribution in [-0.2, 0) is 6.54 Å². The lowest BCUT2D eigenvalue weighted by molar-refractivity contribution is 0.0683. The van der Waals surface area contributed by atoms with Crippen molar-refractivity contribution < 1.29 is 14.0 Å². The van der Waals surface area contributed by atoms with E-state index in [0.717, 1.165) is 28.8 Å². The highest BCUT2D eigenvalue weighted by Gasteiger charge is 2.29. The minimum atomic E-state index is -0.186. The van der Waals surface area contributed by atoms with Gasteiger partial charge in [-0.25, -0.2) is 4.98 Å². The highest BCUT2D eigenvalue weighted by Crippen LogP contribution is 2.32. The largest absolute Gasteiger partial charge is 0.451 e. The maximum Gasteiger partial charge on any atom is 0.289 e. The molecule has 0 radical (unpaired) electrons. The van der Waals surface area contributed by atoms with Gasteiger partial charge in [0, 0.05) is 55.3 Å². The Balaban J connectivity index is 1.22. The number of furan rings is 1. The maximum atomic E-state index is 13.2. The van der Waals surface area contributed by atoms with Gasteiger partial charge in [-0.3, -0.25) is 14.6 Å². The van der Waals surface area contributed by atoms with Crippen LogP contribution in [0.4, 0.5) is 0 Å². The molecule has 0 spiro atoms. The summed E-state index contributed by atoms with van der Waals surface area (Å²) in [6, 6.07) is 15.3. The molecule has 2 amide bonds. The molecule has 1 aromatic carbocycles. The molecular weight excluding hydrogens is 474 g/mol. The van der Waals surface area contributed by atoms with Crippen molar-refractivity contribution in [1.82, 2.24) is 19.8 Å². The normalized spacial score (nSPS) is 14.0. The second-order valence-electron chi connectivity index (χ2n) is 8.78. The lowest BCUT2D eigenvalue weighted by Gasteiger charge is -2.30. The average molecular weight is 500 g/mol. The molecule has 1 fully saturated rings. The van der Waals surface area contributed by atoms with Gasteiger partial charge < -0.3 is 14.2 Å². The van der Waals surface area contributed by atoms with E-state index in [2.05, 4.69) is 16.0 Å². The minimum Gasteiger partial charge on any atom is -0.451 e. The van der Waals surface area contributed by atoms with Gasteiger partial charge in [-0.2, -0.15) is 5.26 Å². The van der Waals surface area contributed by atoms with E-state index in [1.54, 1.807) is 28.7 Å². The van der Waals surface area contributed by atoms with Gasteiger partial charge in [0.25, 0.3) is 11.8 Å². The zero-order valence-corrected chi connectivity index (χ0v) is 20.5. The van der Waals surface area contributed by atoms with E-state index < -0.39 is 0 Å². The van der Waals surface area contributed by atoms with E-state index in [0.29, 0.717) is 43.2 Å². The van der Waals surface area contributed by atoms with Gasteiger partial charge in [0.15, 0.2) is 5.76 Å². The van der Waals surface area contributed by atoms with Gasteiger partial charge >= 0.3 is 0 Å². The van der Waals surface area contributed by atoms with Crippen molar-refractivity contribution in [2.24, 2.45) is 0 Å². The van der Waals surface area contributed by atoms with E-state index in [1.807, 2.05) is 41.3 Å². The molecule has 9 heteroatoms. The lowest BCUT2D eigenvalue weighted by atomic mass is 9.97. The summed E-state index contributed by atoms with van der Waals surface area (Å²) in [5, 5.41) is 12.7. The number of thiazole rings is 1. The molecule has 1 aliphatic heterocycles. The number of nitriles is 1. The van der Waals surface area contributed by atoms with Crippen LogP contribution < -0.4 is 0 Å². The van der Waals surface area contributed by atoms with Gasteiger partial charge in [-0.05, 0) is 36.6 Å². The van der Waals surface area contributed by atoms with Crippen LogP contribution in [0.15, 0.2) is 64.7 Å². The number of pyridine rings is 1. The van der Waals surface area contributed by atoms with Crippen LogP contribution in [0, 0.1) is 11.3 Å². The second-order valence-corrected chi connectivity index (χ2v) is 9.67. The first-order valence-electron chi connectivity index (χ1n) is 11.9. The number of nitrogens with zero attached hydrogens (tertiary/aromatic N) is 5. The Morgan fingerprint density at radius 2 is 2.03 bits per heavy atom. The summed E-state index contributed by atoms with van der Waals surface area (Å²) < 4.78 is 5.75. The Hall–Kier alpha value is -4.03. The van der Waals surface area contributed by atoms with Crippen LogP contribution in [0.1, 0.15) is 56.8 Å². The Bertz CT molecular complexity index is 1370. The molecule has 182 valence electrons. The molecule has 0 saturated carbocycles. The van der Waals surface area contributed by atoms with Crippen LogP contribution in [0.3, 0.4) is 0 Å². The standard InChI is InChI=1S/C27H25N5O3S/c28-10-4-12-32(17-19-5-3-11-29-16-19)26(33)22-18-36-25(30-22)20-8-13-31(14-9-20)27(34)24-15-21-6-1-2-7-23(21)35-24/h1-3,5-7,11,15-16,18,20H,4,8-9,12-14,17H2. The van der Waals surface area contributed by atoms with Gasteiger partial charge in [0.1, 0.15) is 11.3 Å². The lowest BCUT2D eigenvalue weighted by Crippen LogP contribution is -2.37. The predicted molar refractivity (Wildman–Crippen MR) is 135 cm³/mol. The number of amides is 2. The van der Waals surface area contributed by atoms with Crippen molar-refractivity contribution >= 4 is 34.1 Å². The SMILES string of the molecule is N#CCCN(Cc1cccnc1)C(=O)c1csc(C2CCN(C(=O)c3cc4ccccc4o3)CC2)n1. The molecule has 0 aliphatic carbocycles. The molecular formula is C27H25N5O3S. The van der Waals surface area contributed by atoms with E-state index in [9.17, 15) is 9.59 Å². The molecule has 4 aromatic rings. The third-order valence-corrected chi connectivity index (χ3v) is 7.39.